The topological polar surface area (TPSA) is 74.6 Å². The van der Waals surface area contributed by atoms with E-state index in [1.54, 1.807) is 0 Å². The van der Waals surface area contributed by atoms with Gasteiger partial charge in [0.25, 0.3) is 0 Å². The standard InChI is InChI=1S/Ca.H2O4S.Pb.4H/c;1-5(2,3)4;;;;;/h;(H2,1,2,3,4);;;;;. The molecule has 0 saturated carbocycles. The Kier molecular flexibility index (Phi) is 14.1. The van der Waals surface area contributed by atoms with Crippen LogP contribution in [0.1, 0.15) is 0 Å². The van der Waals surface area contributed by atoms with Gasteiger partial charge in [0.1, 0.15) is 0 Å². The first-order valence-corrected chi connectivity index (χ1v) is 2.10. The van der Waals surface area contributed by atoms with E-state index in [0.29, 0.717) is 0 Å². The zero-order valence-electron chi connectivity index (χ0n) is 2.83. The van der Waals surface area contributed by atoms with Crippen molar-refractivity contribution in [2.75, 3.05) is 0 Å². The van der Waals surface area contributed by atoms with E-state index in [2.05, 4.69) is 0 Å². The van der Waals surface area contributed by atoms with E-state index >= 15 is 0 Å². The zero-order valence-corrected chi connectivity index (χ0v) is 9.14. The fourth-order valence-electron chi connectivity index (χ4n) is 0. The Hall–Kier alpha value is 2.05. The minimum absolute atomic E-state index is 0. The Morgan fingerprint density at radius 2 is 1.14 bits per heavy atom. The number of hydrogen-bond donors (Lipinski definition) is 2. The minimum atomic E-state index is -4.67. The molecule has 0 aliphatic heterocycles. The van der Waals surface area contributed by atoms with Gasteiger partial charge in [-0.25, -0.2) is 0 Å². The van der Waals surface area contributed by atoms with Gasteiger partial charge in [-0.05, 0) is 0 Å². The van der Waals surface area contributed by atoms with E-state index < -0.39 is 10.4 Å². The molecule has 42 valence electrons. The fourth-order valence-corrected chi connectivity index (χ4v) is 0. The Morgan fingerprint density at radius 1 is 1.14 bits per heavy atom. The summed E-state index contributed by atoms with van der Waals surface area (Å²) in [5.41, 5.74) is 0. The van der Waals surface area contributed by atoms with Crippen LogP contribution in [0.3, 0.4) is 0 Å². The van der Waals surface area contributed by atoms with Crippen LogP contribution in [0, 0.1) is 0 Å². The number of hydrogen-bond acceptors (Lipinski definition) is 2. The van der Waals surface area contributed by atoms with Gasteiger partial charge >= 0.3 is 75.4 Å². The Bertz CT molecular complexity index is 94.9. The van der Waals surface area contributed by atoms with Gasteiger partial charge in [0.2, 0.25) is 0 Å². The van der Waals surface area contributed by atoms with Gasteiger partial charge in [-0.15, -0.1) is 0 Å². The summed E-state index contributed by atoms with van der Waals surface area (Å²) in [5, 5.41) is 0. The van der Waals surface area contributed by atoms with Crippen LogP contribution >= 0.6 is 0 Å². The molecule has 0 aliphatic carbocycles. The van der Waals surface area contributed by atoms with Gasteiger partial charge in [0, 0.05) is 0 Å². The summed E-state index contributed by atoms with van der Waals surface area (Å²) in [7, 11) is -4.67. The molecule has 0 aromatic heterocycles. The van der Waals surface area contributed by atoms with E-state index in [-0.39, 0.29) is 65.0 Å². The molecule has 0 bridgehead atoms. The van der Waals surface area contributed by atoms with Crippen molar-refractivity contribution in [1.29, 1.82) is 0 Å². The van der Waals surface area contributed by atoms with Gasteiger partial charge in [0.05, 0.1) is 0 Å². The first-order valence-electron chi connectivity index (χ1n) is 0.698. The van der Waals surface area contributed by atoms with Crippen LogP contribution in [0.25, 0.3) is 0 Å². The van der Waals surface area contributed by atoms with Gasteiger partial charge < -0.3 is 0 Å². The first-order chi connectivity index (χ1) is 2.00. The predicted molar refractivity (Wildman–Crippen MR) is 31.3 cm³/mol. The number of rotatable bonds is 0. The molecule has 2 radical (unpaired) electrons. The summed E-state index contributed by atoms with van der Waals surface area (Å²) in [5.74, 6) is 0. The predicted octanol–water partition coefficient (Wildman–Crippen LogP) is -2.49. The van der Waals surface area contributed by atoms with E-state index in [1.165, 1.54) is 0 Å². The molecule has 0 aromatic rings. The molecule has 0 amide bonds. The average molecular weight is 349 g/mol. The van der Waals surface area contributed by atoms with Crippen molar-refractivity contribution in [2.24, 2.45) is 0 Å². The van der Waals surface area contributed by atoms with Crippen molar-refractivity contribution >= 4 is 75.4 Å². The second-order valence-corrected chi connectivity index (χ2v) is 1.34. The molecule has 7 heteroatoms. The van der Waals surface area contributed by atoms with Gasteiger partial charge in [-0.3, -0.25) is 9.11 Å². The summed E-state index contributed by atoms with van der Waals surface area (Å²) in [6.45, 7) is 0. The molecule has 0 unspecified atom stereocenters. The summed E-state index contributed by atoms with van der Waals surface area (Å²) in [6, 6.07) is 0. The molecule has 0 atom stereocenters. The maximum atomic E-state index is 8.74. The van der Waals surface area contributed by atoms with Crippen molar-refractivity contribution < 1.29 is 17.5 Å². The third-order valence-electron chi connectivity index (χ3n) is 0. The van der Waals surface area contributed by atoms with Crippen molar-refractivity contribution in [3.63, 3.8) is 0 Å². The van der Waals surface area contributed by atoms with E-state index in [1.807, 2.05) is 0 Å². The third kappa shape index (κ3) is 70.0. The molecule has 0 rings (SSSR count). The Labute approximate surface area is 91.4 Å². The molecule has 0 aliphatic rings. The summed E-state index contributed by atoms with van der Waals surface area (Å²) >= 11 is 0. The Morgan fingerprint density at radius 3 is 1.14 bits per heavy atom. The van der Waals surface area contributed by atoms with E-state index in [4.69, 9.17) is 17.5 Å². The molecule has 0 aromatic carbocycles. The van der Waals surface area contributed by atoms with E-state index in [0.717, 1.165) is 0 Å². The molecule has 0 fully saturated rings. The molecular formula is H6CaO4PbS. The van der Waals surface area contributed by atoms with E-state index in [9.17, 15) is 0 Å². The second kappa shape index (κ2) is 6.18. The van der Waals surface area contributed by atoms with Gasteiger partial charge in [0.15, 0.2) is 0 Å². The van der Waals surface area contributed by atoms with Crippen LogP contribution in [-0.2, 0) is 10.4 Å². The van der Waals surface area contributed by atoms with Gasteiger partial charge in [-0.1, -0.05) is 0 Å². The van der Waals surface area contributed by atoms with Crippen molar-refractivity contribution in [3.05, 3.63) is 0 Å². The van der Waals surface area contributed by atoms with Crippen LogP contribution in [0.2, 0.25) is 0 Å². The third-order valence-corrected chi connectivity index (χ3v) is 0. The molecule has 0 saturated heterocycles. The van der Waals surface area contributed by atoms with Crippen LogP contribution in [0.5, 0.6) is 0 Å². The zero-order chi connectivity index (χ0) is 4.50. The SMILES string of the molecule is O=S(=O)(O)O.[CaH2].[PbH2]. The van der Waals surface area contributed by atoms with Crippen molar-refractivity contribution in [1.82, 2.24) is 0 Å². The first kappa shape index (κ1) is 16.0. The second-order valence-electron chi connectivity index (χ2n) is 0.448. The van der Waals surface area contributed by atoms with Crippen LogP contribution < -0.4 is 0 Å². The maximum absolute atomic E-state index is 8.74. The summed E-state index contributed by atoms with van der Waals surface area (Å²) in [4.78, 5) is 0. The van der Waals surface area contributed by atoms with Crippen LogP contribution in [0.4, 0.5) is 0 Å². The summed E-state index contributed by atoms with van der Waals surface area (Å²) < 4.78 is 31.6. The molecule has 7 heavy (non-hydrogen) atoms. The molecule has 4 nitrogen and oxygen atoms in total. The van der Waals surface area contributed by atoms with Crippen LogP contribution in [-0.4, -0.2) is 82.6 Å². The average Bonchev–Trinajstić information content (AvgIpc) is 0.722. The summed E-state index contributed by atoms with van der Waals surface area (Å²) in [6.07, 6.45) is 0. The monoisotopic (exact) mass is 350 g/mol. The quantitative estimate of drug-likeness (QED) is 0.375. The Balaban J connectivity index is -0.0000000800. The van der Waals surface area contributed by atoms with Crippen molar-refractivity contribution in [2.45, 2.75) is 0 Å². The molecule has 2 N–H and O–H groups in total. The van der Waals surface area contributed by atoms with Crippen LogP contribution in [0.15, 0.2) is 0 Å². The molecule has 0 spiro atoms. The van der Waals surface area contributed by atoms with Gasteiger partial charge in [-0.2, -0.15) is 8.42 Å². The molecule has 0 heterocycles. The normalized spacial score (nSPS) is 8.29. The molecular weight excluding hydrogens is 343 g/mol. The fraction of sp³-hybridized carbons (Fsp3) is 0. The van der Waals surface area contributed by atoms with Crippen molar-refractivity contribution in [3.8, 4) is 0 Å².